The zero-order chi connectivity index (χ0) is 11.4. The molecule has 0 saturated heterocycles. The normalized spacial score (nSPS) is 11.1. The summed E-state index contributed by atoms with van der Waals surface area (Å²) in [6.45, 7) is 2.09. The Morgan fingerprint density at radius 3 is 2.87 bits per heavy atom. The van der Waals surface area contributed by atoms with Crippen molar-refractivity contribution >= 4 is 50.5 Å². The van der Waals surface area contributed by atoms with Gasteiger partial charge in [0.05, 0.1) is 5.57 Å². The van der Waals surface area contributed by atoms with Gasteiger partial charge in [-0.3, -0.25) is 0 Å². The highest BCUT2D eigenvalue weighted by atomic mass is 79.9. The summed E-state index contributed by atoms with van der Waals surface area (Å²) >= 11 is 9.85. The molecule has 0 amide bonds. The van der Waals surface area contributed by atoms with Crippen molar-refractivity contribution in [3.63, 3.8) is 0 Å². The third-order valence-corrected chi connectivity index (χ3v) is 4.19. The molecule has 0 saturated carbocycles. The van der Waals surface area contributed by atoms with Crippen LogP contribution in [0.2, 0.25) is 0 Å². The summed E-state index contributed by atoms with van der Waals surface area (Å²) in [5.74, 6) is 0. The van der Waals surface area contributed by atoms with Crippen LogP contribution in [0.3, 0.4) is 0 Å². The Hall–Kier alpha value is -0.700. The number of hydrogen-bond donors (Lipinski definition) is 1. The monoisotopic (exact) mass is 300 g/mol. The second kappa shape index (κ2) is 5.40. The van der Waals surface area contributed by atoms with Gasteiger partial charge in [0, 0.05) is 14.2 Å². The molecule has 0 aliphatic heterocycles. The number of nitrogens with zero attached hydrogens (tertiary/aromatic N) is 1. The van der Waals surface area contributed by atoms with Crippen molar-refractivity contribution in [1.82, 2.24) is 0 Å². The van der Waals surface area contributed by atoms with E-state index in [4.69, 9.17) is 23.2 Å². The Bertz CT molecular complexity index is 454. The Kier molecular flexibility index (Phi) is 4.45. The first-order valence-corrected chi connectivity index (χ1v) is 6.30. The highest BCUT2D eigenvalue weighted by molar-refractivity contribution is 9.10. The minimum absolute atomic E-state index is 0.139. The van der Waals surface area contributed by atoms with Crippen molar-refractivity contribution < 1.29 is 0 Å². The molecule has 15 heavy (non-hydrogen) atoms. The summed E-state index contributed by atoms with van der Waals surface area (Å²) in [7, 11) is 0. The lowest BCUT2D eigenvalue weighted by Crippen LogP contribution is -2.09. The molecular weight excluding hydrogens is 292 g/mol. The first kappa shape index (κ1) is 12.4. The van der Waals surface area contributed by atoms with E-state index in [-0.39, 0.29) is 4.99 Å². The van der Waals surface area contributed by atoms with Gasteiger partial charge in [-0.15, -0.1) is 11.3 Å². The van der Waals surface area contributed by atoms with E-state index in [1.165, 1.54) is 4.88 Å². The quantitative estimate of drug-likeness (QED) is 0.529. The van der Waals surface area contributed by atoms with E-state index < -0.39 is 0 Å². The highest BCUT2D eigenvalue weighted by Gasteiger charge is 2.05. The maximum Gasteiger partial charge on any atom is 0.114 e. The van der Waals surface area contributed by atoms with Crippen molar-refractivity contribution in [1.29, 1.82) is 5.26 Å². The van der Waals surface area contributed by atoms with E-state index in [2.05, 4.69) is 22.9 Å². The van der Waals surface area contributed by atoms with Crippen LogP contribution in [0.25, 0.3) is 6.08 Å². The van der Waals surface area contributed by atoms with E-state index in [1.807, 2.05) is 12.1 Å². The molecule has 0 aliphatic rings. The third-order valence-electron chi connectivity index (χ3n) is 1.77. The van der Waals surface area contributed by atoms with Crippen LogP contribution in [0.1, 0.15) is 16.7 Å². The molecule has 0 atom stereocenters. The van der Waals surface area contributed by atoms with E-state index in [0.717, 1.165) is 15.8 Å². The Balaban J connectivity index is 3.08. The maximum absolute atomic E-state index is 8.80. The number of rotatable bonds is 3. The average molecular weight is 301 g/mol. The van der Waals surface area contributed by atoms with Crippen molar-refractivity contribution in [2.24, 2.45) is 5.73 Å². The number of thiocarbonyl (C=S) groups is 1. The summed E-state index contributed by atoms with van der Waals surface area (Å²) in [5, 5.41) is 8.80. The predicted octanol–water partition coefficient (Wildman–Crippen LogP) is 3.27. The van der Waals surface area contributed by atoms with Crippen LogP contribution in [0.5, 0.6) is 0 Å². The number of thiophene rings is 1. The average Bonchev–Trinajstić information content (AvgIpc) is 2.54. The highest BCUT2D eigenvalue weighted by Crippen LogP contribution is 2.29. The smallest absolute Gasteiger partial charge is 0.114 e. The molecule has 0 unspecified atom stereocenters. The van der Waals surface area contributed by atoms with Gasteiger partial charge in [0.25, 0.3) is 0 Å². The van der Waals surface area contributed by atoms with Gasteiger partial charge >= 0.3 is 0 Å². The van der Waals surface area contributed by atoms with Gasteiger partial charge in [-0.25, -0.2) is 0 Å². The summed E-state index contributed by atoms with van der Waals surface area (Å²) in [6, 6.07) is 3.95. The van der Waals surface area contributed by atoms with Crippen LogP contribution in [0.15, 0.2) is 16.1 Å². The minimum atomic E-state index is 0.139. The van der Waals surface area contributed by atoms with E-state index in [0.29, 0.717) is 5.57 Å². The second-order valence-electron chi connectivity index (χ2n) is 2.81. The summed E-state index contributed by atoms with van der Waals surface area (Å²) in [4.78, 5) is 2.38. The number of nitriles is 1. The number of hydrogen-bond acceptors (Lipinski definition) is 3. The van der Waals surface area contributed by atoms with Gasteiger partial charge in [-0.05, 0) is 34.5 Å². The zero-order valence-electron chi connectivity index (χ0n) is 8.08. The molecule has 2 N–H and O–H groups in total. The number of nitrogens with two attached hydrogens (primary N) is 1. The number of aryl methyl sites for hydroxylation is 1. The van der Waals surface area contributed by atoms with Gasteiger partial charge in [0.15, 0.2) is 0 Å². The molecule has 0 aromatic carbocycles. The molecular formula is C10H9BrN2S2. The first-order chi connectivity index (χ1) is 7.08. The molecule has 1 aromatic rings. The van der Waals surface area contributed by atoms with Crippen LogP contribution < -0.4 is 5.73 Å². The molecule has 1 heterocycles. The summed E-state index contributed by atoms with van der Waals surface area (Å²) < 4.78 is 1.07. The lowest BCUT2D eigenvalue weighted by atomic mass is 10.2. The Morgan fingerprint density at radius 1 is 1.80 bits per heavy atom. The van der Waals surface area contributed by atoms with Crippen molar-refractivity contribution in [3.8, 4) is 6.07 Å². The fraction of sp³-hybridized carbons (Fsp3) is 0.200. The minimum Gasteiger partial charge on any atom is -0.389 e. The van der Waals surface area contributed by atoms with Gasteiger partial charge in [-0.2, -0.15) is 5.26 Å². The van der Waals surface area contributed by atoms with Crippen LogP contribution in [0, 0.1) is 11.3 Å². The van der Waals surface area contributed by atoms with Crippen LogP contribution in [0.4, 0.5) is 0 Å². The van der Waals surface area contributed by atoms with Crippen molar-refractivity contribution in [2.45, 2.75) is 13.3 Å². The Labute approximate surface area is 107 Å². The van der Waals surface area contributed by atoms with Gasteiger partial charge in [0.2, 0.25) is 0 Å². The van der Waals surface area contributed by atoms with Crippen molar-refractivity contribution in [2.75, 3.05) is 0 Å². The fourth-order valence-corrected chi connectivity index (χ4v) is 3.00. The predicted molar refractivity (Wildman–Crippen MR) is 71.8 cm³/mol. The molecule has 2 nitrogen and oxygen atoms in total. The van der Waals surface area contributed by atoms with Gasteiger partial charge < -0.3 is 5.73 Å². The standard InChI is InChI=1S/C10H9BrN2S2/c1-2-9-8(11)4-7(15-9)3-6(5-12)10(13)14/h3-4H,2H2,1H3,(H2,13,14)/b6-3+. The molecule has 0 radical (unpaired) electrons. The van der Waals surface area contributed by atoms with Gasteiger partial charge in [0.1, 0.15) is 11.1 Å². The van der Waals surface area contributed by atoms with Gasteiger partial charge in [-0.1, -0.05) is 19.1 Å². The molecule has 0 fully saturated rings. The molecule has 0 aliphatic carbocycles. The third kappa shape index (κ3) is 3.13. The van der Waals surface area contributed by atoms with Crippen LogP contribution in [-0.2, 0) is 6.42 Å². The fourth-order valence-electron chi connectivity index (χ4n) is 1.04. The van der Waals surface area contributed by atoms with E-state index in [1.54, 1.807) is 17.4 Å². The molecule has 5 heteroatoms. The van der Waals surface area contributed by atoms with E-state index in [9.17, 15) is 0 Å². The number of halogens is 1. The maximum atomic E-state index is 8.80. The molecule has 1 rings (SSSR count). The van der Waals surface area contributed by atoms with Crippen LogP contribution >= 0.6 is 39.5 Å². The summed E-state index contributed by atoms with van der Waals surface area (Å²) in [5.41, 5.74) is 5.75. The molecule has 78 valence electrons. The van der Waals surface area contributed by atoms with E-state index >= 15 is 0 Å². The molecule has 1 aromatic heterocycles. The SMILES string of the molecule is CCc1sc(/C=C(\C#N)C(N)=S)cc1Br. The first-order valence-electron chi connectivity index (χ1n) is 4.28. The second-order valence-corrected chi connectivity index (χ2v) is 5.27. The van der Waals surface area contributed by atoms with Crippen molar-refractivity contribution in [3.05, 3.63) is 25.9 Å². The zero-order valence-corrected chi connectivity index (χ0v) is 11.3. The molecule has 0 bridgehead atoms. The topological polar surface area (TPSA) is 49.8 Å². The molecule has 0 spiro atoms. The lowest BCUT2D eigenvalue weighted by Gasteiger charge is -1.91. The lowest BCUT2D eigenvalue weighted by molar-refractivity contribution is 1.18. The summed E-state index contributed by atoms with van der Waals surface area (Å²) in [6.07, 6.45) is 2.69. The largest absolute Gasteiger partial charge is 0.389 e. The van der Waals surface area contributed by atoms with Crippen LogP contribution in [-0.4, -0.2) is 4.99 Å². The Morgan fingerprint density at radius 2 is 2.47 bits per heavy atom.